The average molecular weight is 199 g/mol. The Morgan fingerprint density at radius 1 is 1.53 bits per heavy atom. The van der Waals surface area contributed by atoms with E-state index in [1.54, 1.807) is 18.5 Å². The Hall–Kier alpha value is -1.82. The third-order valence-electron chi connectivity index (χ3n) is 2.59. The largest absolute Gasteiger partial charge is 0.365 e. The molecule has 0 bridgehead atoms. The summed E-state index contributed by atoms with van der Waals surface area (Å²) in [5.41, 5.74) is 3.01. The minimum Gasteiger partial charge on any atom is -0.365 e. The van der Waals surface area contributed by atoms with Crippen molar-refractivity contribution in [1.82, 2.24) is 4.98 Å². The summed E-state index contributed by atoms with van der Waals surface area (Å²) in [5, 5.41) is 9.00. The van der Waals surface area contributed by atoms with Gasteiger partial charge in [0.05, 0.1) is 17.4 Å². The predicted octanol–water partition coefficient (Wildman–Crippen LogP) is 2.11. The fourth-order valence-corrected chi connectivity index (χ4v) is 1.85. The summed E-state index contributed by atoms with van der Waals surface area (Å²) < 4.78 is 0. The van der Waals surface area contributed by atoms with Crippen LogP contribution < -0.4 is 4.90 Å². The first-order valence-electron chi connectivity index (χ1n) is 5.06. The van der Waals surface area contributed by atoms with Gasteiger partial charge in [0, 0.05) is 19.3 Å². The first-order valence-corrected chi connectivity index (χ1v) is 5.06. The number of nitrogens with zero attached hydrogens (tertiary/aromatic N) is 3. The van der Waals surface area contributed by atoms with Crippen molar-refractivity contribution in [3.8, 4) is 6.07 Å². The molecule has 0 atom stereocenters. The Morgan fingerprint density at radius 3 is 3.13 bits per heavy atom. The van der Waals surface area contributed by atoms with Gasteiger partial charge in [-0.15, -0.1) is 0 Å². The molecule has 0 unspecified atom stereocenters. The van der Waals surface area contributed by atoms with Crippen LogP contribution in [0, 0.1) is 11.3 Å². The highest BCUT2D eigenvalue weighted by Crippen LogP contribution is 2.22. The molecule has 3 heteroatoms. The Labute approximate surface area is 89.7 Å². The number of nitriles is 1. The van der Waals surface area contributed by atoms with Crippen LogP contribution in [-0.4, -0.2) is 18.1 Å². The summed E-state index contributed by atoms with van der Waals surface area (Å²) in [7, 11) is 0. The molecule has 1 aliphatic rings. The van der Waals surface area contributed by atoms with E-state index in [4.69, 9.17) is 5.26 Å². The van der Waals surface area contributed by atoms with Gasteiger partial charge in [-0.1, -0.05) is 11.6 Å². The maximum atomic E-state index is 9.00. The van der Waals surface area contributed by atoms with Crippen molar-refractivity contribution >= 4 is 5.69 Å². The molecule has 1 aliphatic heterocycles. The number of aromatic nitrogens is 1. The van der Waals surface area contributed by atoms with E-state index in [0.29, 0.717) is 5.56 Å². The van der Waals surface area contributed by atoms with Crippen LogP contribution in [0.2, 0.25) is 0 Å². The second kappa shape index (κ2) is 4.14. The minimum absolute atomic E-state index is 0.708. The smallest absolute Gasteiger partial charge is 0.101 e. The molecule has 0 fully saturated rings. The first kappa shape index (κ1) is 9.72. The van der Waals surface area contributed by atoms with Crippen LogP contribution >= 0.6 is 0 Å². The molecule has 2 rings (SSSR count). The standard InChI is InChI=1S/C12H13N3/c1-10-3-2-6-15(9-10)12-8-14-5-4-11(12)7-13/h3-5,8H,2,6,9H2,1H3. The highest BCUT2D eigenvalue weighted by atomic mass is 15.1. The van der Waals surface area contributed by atoms with Crippen molar-refractivity contribution in [2.24, 2.45) is 0 Å². The van der Waals surface area contributed by atoms with Gasteiger partial charge in [-0.05, 0) is 19.4 Å². The molecule has 0 saturated heterocycles. The van der Waals surface area contributed by atoms with E-state index in [2.05, 4.69) is 29.0 Å². The number of rotatable bonds is 1. The molecular weight excluding hydrogens is 186 g/mol. The molecule has 2 heterocycles. The summed E-state index contributed by atoms with van der Waals surface area (Å²) in [6, 6.07) is 3.97. The van der Waals surface area contributed by atoms with Gasteiger partial charge in [0.2, 0.25) is 0 Å². The highest BCUT2D eigenvalue weighted by molar-refractivity contribution is 5.58. The normalized spacial score (nSPS) is 15.7. The van der Waals surface area contributed by atoms with Gasteiger partial charge in [-0.3, -0.25) is 4.98 Å². The van der Waals surface area contributed by atoms with Crippen LogP contribution in [0.15, 0.2) is 30.1 Å². The Bertz CT molecular complexity index is 429. The molecule has 1 aromatic heterocycles. The van der Waals surface area contributed by atoms with Crippen molar-refractivity contribution in [2.45, 2.75) is 13.3 Å². The molecule has 0 saturated carbocycles. The Morgan fingerprint density at radius 2 is 2.40 bits per heavy atom. The average Bonchev–Trinajstić information content (AvgIpc) is 2.29. The molecule has 0 spiro atoms. The number of hydrogen-bond donors (Lipinski definition) is 0. The molecular formula is C12H13N3. The van der Waals surface area contributed by atoms with Gasteiger partial charge < -0.3 is 4.90 Å². The van der Waals surface area contributed by atoms with Crippen LogP contribution in [0.25, 0.3) is 0 Å². The lowest BCUT2D eigenvalue weighted by atomic mass is 10.1. The zero-order chi connectivity index (χ0) is 10.7. The van der Waals surface area contributed by atoms with Crippen molar-refractivity contribution in [1.29, 1.82) is 5.26 Å². The first-order chi connectivity index (χ1) is 7.31. The molecule has 0 radical (unpaired) electrons. The lowest BCUT2D eigenvalue weighted by Gasteiger charge is -2.28. The minimum atomic E-state index is 0.708. The van der Waals surface area contributed by atoms with Crippen molar-refractivity contribution in [2.75, 3.05) is 18.0 Å². The van der Waals surface area contributed by atoms with E-state index in [0.717, 1.165) is 25.2 Å². The van der Waals surface area contributed by atoms with Crippen LogP contribution in [0.3, 0.4) is 0 Å². The Kier molecular flexibility index (Phi) is 2.68. The van der Waals surface area contributed by atoms with E-state index >= 15 is 0 Å². The van der Waals surface area contributed by atoms with Gasteiger partial charge in [0.1, 0.15) is 6.07 Å². The second-order valence-corrected chi connectivity index (χ2v) is 3.77. The quantitative estimate of drug-likeness (QED) is 0.650. The lowest BCUT2D eigenvalue weighted by molar-refractivity contribution is 0.788. The van der Waals surface area contributed by atoms with E-state index in [-0.39, 0.29) is 0 Å². The number of anilines is 1. The van der Waals surface area contributed by atoms with Crippen LogP contribution in [-0.2, 0) is 0 Å². The molecule has 76 valence electrons. The van der Waals surface area contributed by atoms with Crippen LogP contribution in [0.1, 0.15) is 18.9 Å². The number of hydrogen-bond acceptors (Lipinski definition) is 3. The summed E-state index contributed by atoms with van der Waals surface area (Å²) in [5.74, 6) is 0. The molecule has 0 aliphatic carbocycles. The van der Waals surface area contributed by atoms with E-state index < -0.39 is 0 Å². The van der Waals surface area contributed by atoms with E-state index in [1.807, 2.05) is 0 Å². The third kappa shape index (κ3) is 1.99. The van der Waals surface area contributed by atoms with Crippen LogP contribution in [0.5, 0.6) is 0 Å². The topological polar surface area (TPSA) is 39.9 Å². The predicted molar refractivity (Wildman–Crippen MR) is 59.5 cm³/mol. The summed E-state index contributed by atoms with van der Waals surface area (Å²) in [4.78, 5) is 6.29. The van der Waals surface area contributed by atoms with Gasteiger partial charge in [-0.2, -0.15) is 5.26 Å². The third-order valence-corrected chi connectivity index (χ3v) is 2.59. The zero-order valence-electron chi connectivity index (χ0n) is 8.77. The molecule has 3 nitrogen and oxygen atoms in total. The van der Waals surface area contributed by atoms with Gasteiger partial charge >= 0.3 is 0 Å². The van der Waals surface area contributed by atoms with Crippen molar-refractivity contribution < 1.29 is 0 Å². The highest BCUT2D eigenvalue weighted by Gasteiger charge is 2.13. The second-order valence-electron chi connectivity index (χ2n) is 3.77. The Balaban J connectivity index is 2.30. The maximum absolute atomic E-state index is 9.00. The fraction of sp³-hybridized carbons (Fsp3) is 0.333. The molecule has 15 heavy (non-hydrogen) atoms. The summed E-state index contributed by atoms with van der Waals surface area (Å²) in [6.45, 7) is 3.99. The lowest BCUT2D eigenvalue weighted by Crippen LogP contribution is -2.29. The molecule has 0 amide bonds. The zero-order valence-corrected chi connectivity index (χ0v) is 8.77. The fourth-order valence-electron chi connectivity index (χ4n) is 1.85. The monoisotopic (exact) mass is 199 g/mol. The van der Waals surface area contributed by atoms with Crippen molar-refractivity contribution in [3.63, 3.8) is 0 Å². The molecule has 0 aromatic carbocycles. The maximum Gasteiger partial charge on any atom is 0.101 e. The molecule has 0 N–H and O–H groups in total. The van der Waals surface area contributed by atoms with Crippen LogP contribution in [0.4, 0.5) is 5.69 Å². The molecule has 1 aromatic rings. The SMILES string of the molecule is CC1=CCCN(c2cnccc2C#N)C1. The summed E-state index contributed by atoms with van der Waals surface area (Å²) in [6.07, 6.45) is 6.73. The van der Waals surface area contributed by atoms with Gasteiger partial charge in [-0.25, -0.2) is 0 Å². The van der Waals surface area contributed by atoms with E-state index in [9.17, 15) is 0 Å². The van der Waals surface area contributed by atoms with Crippen molar-refractivity contribution in [3.05, 3.63) is 35.7 Å². The summed E-state index contributed by atoms with van der Waals surface area (Å²) >= 11 is 0. The van der Waals surface area contributed by atoms with E-state index in [1.165, 1.54) is 5.57 Å². The van der Waals surface area contributed by atoms with Gasteiger partial charge in [0.15, 0.2) is 0 Å². The van der Waals surface area contributed by atoms with Gasteiger partial charge in [0.25, 0.3) is 0 Å². The number of pyridine rings is 1.